The van der Waals surface area contributed by atoms with E-state index in [4.69, 9.17) is 11.6 Å². The van der Waals surface area contributed by atoms with Gasteiger partial charge in [0.05, 0.1) is 5.69 Å². The molecule has 152 valence electrons. The van der Waals surface area contributed by atoms with Crippen LogP contribution >= 0.6 is 23.4 Å². The highest BCUT2D eigenvalue weighted by atomic mass is 35.5. The summed E-state index contributed by atoms with van der Waals surface area (Å²) in [5.41, 5.74) is 3.80. The summed E-state index contributed by atoms with van der Waals surface area (Å²) >= 11 is 7.64. The Balaban J connectivity index is 1.59. The van der Waals surface area contributed by atoms with E-state index in [1.54, 1.807) is 47.0 Å². The first-order chi connectivity index (χ1) is 14.6. The van der Waals surface area contributed by atoms with Crippen molar-refractivity contribution in [3.63, 3.8) is 0 Å². The molecule has 0 aliphatic carbocycles. The molecule has 30 heavy (non-hydrogen) atoms. The third-order valence-electron chi connectivity index (χ3n) is 5.13. The van der Waals surface area contributed by atoms with Crippen molar-refractivity contribution in [1.82, 2.24) is 0 Å². The van der Waals surface area contributed by atoms with Gasteiger partial charge in [0.2, 0.25) is 0 Å². The number of nitrogens with one attached hydrogen (secondary N) is 1. The Hall–Kier alpha value is -2.76. The zero-order valence-electron chi connectivity index (χ0n) is 16.5. The van der Waals surface area contributed by atoms with Crippen LogP contribution in [0.25, 0.3) is 0 Å². The first-order valence-electron chi connectivity index (χ1n) is 9.71. The number of halogens is 1. The topological polar surface area (TPSA) is 49.4 Å². The van der Waals surface area contributed by atoms with E-state index >= 15 is 0 Å². The fraction of sp³-hybridized carbons (Fsp3) is 0.167. The van der Waals surface area contributed by atoms with Crippen molar-refractivity contribution in [1.29, 1.82) is 0 Å². The second-order valence-electron chi connectivity index (χ2n) is 7.07. The number of nitrogens with zero attached hydrogens (tertiary/aromatic N) is 1. The van der Waals surface area contributed by atoms with Crippen LogP contribution in [0, 0.1) is 0 Å². The molecule has 1 heterocycles. The predicted octanol–water partition coefficient (Wildman–Crippen LogP) is 5.91. The quantitative estimate of drug-likeness (QED) is 0.517. The Bertz CT molecular complexity index is 1120. The molecule has 0 atom stereocenters. The van der Waals surface area contributed by atoms with E-state index in [9.17, 15) is 9.59 Å². The van der Waals surface area contributed by atoms with E-state index < -0.39 is 0 Å². The van der Waals surface area contributed by atoms with Gasteiger partial charge in [0.15, 0.2) is 0 Å². The molecule has 0 saturated heterocycles. The van der Waals surface area contributed by atoms with Gasteiger partial charge in [-0.15, -0.1) is 11.8 Å². The van der Waals surface area contributed by atoms with E-state index in [0.717, 1.165) is 34.7 Å². The number of hydrogen-bond acceptors (Lipinski definition) is 3. The minimum absolute atomic E-state index is 0.0791. The van der Waals surface area contributed by atoms with E-state index in [-0.39, 0.29) is 11.8 Å². The van der Waals surface area contributed by atoms with Crippen LogP contribution in [0.5, 0.6) is 0 Å². The molecule has 0 saturated carbocycles. The Morgan fingerprint density at radius 1 is 1.00 bits per heavy atom. The van der Waals surface area contributed by atoms with Crippen LogP contribution in [-0.2, 0) is 6.42 Å². The molecule has 0 aromatic heterocycles. The molecule has 0 radical (unpaired) electrons. The van der Waals surface area contributed by atoms with Crippen LogP contribution in [0.4, 0.5) is 11.4 Å². The molecule has 4 nitrogen and oxygen atoms in total. The summed E-state index contributed by atoms with van der Waals surface area (Å²) in [6.07, 6.45) is 3.66. The standard InChI is InChI=1S/C24H21ClN2O2S/c1-30-22-10-3-2-9-20(22)26-23(28)17-11-12-21-16(14-17)7-5-13-27(21)24(29)18-6-4-8-19(25)15-18/h2-4,6,8-12,14-15H,5,7,13H2,1H3,(H,26,28). The van der Waals surface area contributed by atoms with Crippen molar-refractivity contribution in [2.24, 2.45) is 0 Å². The van der Waals surface area contributed by atoms with Gasteiger partial charge in [-0.05, 0) is 73.2 Å². The van der Waals surface area contributed by atoms with Crippen LogP contribution in [0.2, 0.25) is 5.02 Å². The molecule has 3 aromatic rings. The lowest BCUT2D eigenvalue weighted by Crippen LogP contribution is -2.35. The van der Waals surface area contributed by atoms with Gasteiger partial charge in [-0.1, -0.05) is 29.8 Å². The second kappa shape index (κ2) is 8.94. The van der Waals surface area contributed by atoms with Crippen LogP contribution in [0.3, 0.4) is 0 Å². The smallest absolute Gasteiger partial charge is 0.258 e. The van der Waals surface area contributed by atoms with Crippen LogP contribution in [-0.4, -0.2) is 24.6 Å². The van der Waals surface area contributed by atoms with Gasteiger partial charge in [0.25, 0.3) is 11.8 Å². The van der Waals surface area contributed by atoms with Crippen molar-refractivity contribution < 1.29 is 9.59 Å². The first kappa shape index (κ1) is 20.5. The number of rotatable bonds is 4. The Morgan fingerprint density at radius 2 is 1.83 bits per heavy atom. The third kappa shape index (κ3) is 4.23. The molecule has 3 aromatic carbocycles. The Morgan fingerprint density at radius 3 is 2.63 bits per heavy atom. The highest BCUT2D eigenvalue weighted by molar-refractivity contribution is 7.98. The lowest BCUT2D eigenvalue weighted by molar-refractivity contribution is 0.0984. The molecule has 0 bridgehead atoms. The number of anilines is 2. The zero-order chi connectivity index (χ0) is 21.1. The van der Waals surface area contributed by atoms with Crippen molar-refractivity contribution in [3.05, 3.63) is 88.4 Å². The maximum Gasteiger partial charge on any atom is 0.258 e. The summed E-state index contributed by atoms with van der Waals surface area (Å²) in [4.78, 5) is 28.6. The molecule has 0 spiro atoms. The maximum absolute atomic E-state index is 13.0. The van der Waals surface area contributed by atoms with Crippen LogP contribution < -0.4 is 10.2 Å². The van der Waals surface area contributed by atoms with Gasteiger partial charge in [-0.25, -0.2) is 0 Å². The van der Waals surface area contributed by atoms with Crippen molar-refractivity contribution in [2.75, 3.05) is 23.0 Å². The fourth-order valence-corrected chi connectivity index (χ4v) is 4.41. The number of aryl methyl sites for hydroxylation is 1. The average Bonchev–Trinajstić information content (AvgIpc) is 2.78. The zero-order valence-corrected chi connectivity index (χ0v) is 18.1. The molecule has 1 aliphatic heterocycles. The molecule has 4 rings (SSSR count). The number of carbonyl (C=O) groups is 2. The van der Waals surface area contributed by atoms with Gasteiger partial charge < -0.3 is 10.2 Å². The average molecular weight is 437 g/mol. The van der Waals surface area contributed by atoms with Gasteiger partial charge >= 0.3 is 0 Å². The summed E-state index contributed by atoms with van der Waals surface area (Å²) in [6, 6.07) is 20.3. The number of benzene rings is 3. The monoisotopic (exact) mass is 436 g/mol. The van der Waals surface area contributed by atoms with Gasteiger partial charge in [0, 0.05) is 33.3 Å². The fourth-order valence-electron chi connectivity index (χ4n) is 3.67. The predicted molar refractivity (Wildman–Crippen MR) is 124 cm³/mol. The van der Waals surface area contributed by atoms with E-state index in [2.05, 4.69) is 5.32 Å². The van der Waals surface area contributed by atoms with E-state index in [1.165, 1.54) is 0 Å². The number of carbonyl (C=O) groups excluding carboxylic acids is 2. The van der Waals surface area contributed by atoms with E-state index in [0.29, 0.717) is 22.7 Å². The summed E-state index contributed by atoms with van der Waals surface area (Å²) in [6.45, 7) is 0.644. The second-order valence-corrected chi connectivity index (χ2v) is 8.35. The van der Waals surface area contributed by atoms with Crippen LogP contribution in [0.15, 0.2) is 71.6 Å². The van der Waals surface area contributed by atoms with Gasteiger partial charge in [-0.3, -0.25) is 9.59 Å². The molecule has 0 fully saturated rings. The highest BCUT2D eigenvalue weighted by Gasteiger charge is 2.24. The third-order valence-corrected chi connectivity index (χ3v) is 6.16. The molecule has 0 unspecified atom stereocenters. The molecule has 1 N–H and O–H groups in total. The Labute approximate surface area is 185 Å². The minimum atomic E-state index is -0.155. The molecular formula is C24H21ClN2O2S. The lowest BCUT2D eigenvalue weighted by Gasteiger charge is -2.30. The lowest BCUT2D eigenvalue weighted by atomic mass is 9.98. The van der Waals surface area contributed by atoms with E-state index in [1.807, 2.05) is 42.7 Å². The number of fused-ring (bicyclic) bond motifs is 1. The first-order valence-corrected chi connectivity index (χ1v) is 11.3. The van der Waals surface area contributed by atoms with Gasteiger partial charge in [0.1, 0.15) is 0 Å². The maximum atomic E-state index is 13.0. The molecule has 6 heteroatoms. The Kier molecular flexibility index (Phi) is 6.11. The summed E-state index contributed by atoms with van der Waals surface area (Å²) in [5, 5.41) is 3.53. The van der Waals surface area contributed by atoms with Gasteiger partial charge in [-0.2, -0.15) is 0 Å². The minimum Gasteiger partial charge on any atom is -0.321 e. The molecule has 1 aliphatic rings. The normalized spacial score (nSPS) is 12.9. The number of para-hydroxylation sites is 1. The number of amides is 2. The molecular weight excluding hydrogens is 416 g/mol. The highest BCUT2D eigenvalue weighted by Crippen LogP contribution is 2.31. The number of thioether (sulfide) groups is 1. The summed E-state index contributed by atoms with van der Waals surface area (Å²) < 4.78 is 0. The van der Waals surface area contributed by atoms with Crippen molar-refractivity contribution in [2.45, 2.75) is 17.7 Å². The van der Waals surface area contributed by atoms with Crippen molar-refractivity contribution >= 4 is 46.6 Å². The summed E-state index contributed by atoms with van der Waals surface area (Å²) in [7, 11) is 0. The SMILES string of the molecule is CSc1ccccc1NC(=O)c1ccc2c(c1)CCCN2C(=O)c1cccc(Cl)c1. The van der Waals surface area contributed by atoms with Crippen LogP contribution in [0.1, 0.15) is 32.7 Å². The molecule has 2 amide bonds. The number of hydrogen-bond donors (Lipinski definition) is 1. The summed E-state index contributed by atoms with van der Waals surface area (Å²) in [5.74, 6) is -0.234. The largest absolute Gasteiger partial charge is 0.321 e. The van der Waals surface area contributed by atoms with Crippen molar-refractivity contribution in [3.8, 4) is 0 Å².